The zero-order valence-electron chi connectivity index (χ0n) is 11.6. The second-order valence-corrected chi connectivity index (χ2v) is 5.17. The van der Waals surface area contributed by atoms with E-state index in [1.165, 1.54) is 0 Å². The molecule has 1 aromatic heterocycles. The molecule has 3 nitrogen and oxygen atoms in total. The van der Waals surface area contributed by atoms with E-state index in [2.05, 4.69) is 23.3 Å². The van der Waals surface area contributed by atoms with Crippen molar-refractivity contribution in [2.24, 2.45) is 0 Å². The Kier molecular flexibility index (Phi) is 3.50. The van der Waals surface area contributed by atoms with Gasteiger partial charge in [0.1, 0.15) is 0 Å². The minimum absolute atomic E-state index is 0.0868. The van der Waals surface area contributed by atoms with Crippen LogP contribution < -0.4 is 5.32 Å². The molecule has 2 aromatic rings. The van der Waals surface area contributed by atoms with Gasteiger partial charge in [0.15, 0.2) is 0 Å². The van der Waals surface area contributed by atoms with E-state index in [1.54, 1.807) is 0 Å². The van der Waals surface area contributed by atoms with Gasteiger partial charge < -0.3 is 5.32 Å². The first-order chi connectivity index (χ1) is 9.79. The highest BCUT2D eigenvalue weighted by Crippen LogP contribution is 2.37. The summed E-state index contributed by atoms with van der Waals surface area (Å²) in [7, 11) is 0. The molecule has 0 saturated heterocycles. The summed E-state index contributed by atoms with van der Waals surface area (Å²) in [5.74, 6) is 0.423. The lowest BCUT2D eigenvalue weighted by molar-refractivity contribution is -0.116. The van der Waals surface area contributed by atoms with Crippen LogP contribution in [0.2, 0.25) is 0 Å². The van der Waals surface area contributed by atoms with Gasteiger partial charge in [-0.25, -0.2) is 0 Å². The zero-order valence-corrected chi connectivity index (χ0v) is 11.6. The third-order valence-corrected chi connectivity index (χ3v) is 3.93. The summed E-state index contributed by atoms with van der Waals surface area (Å²) in [5, 5.41) is 3.02. The Labute approximate surface area is 119 Å². The molecule has 0 spiro atoms. The van der Waals surface area contributed by atoms with Gasteiger partial charge in [0.05, 0.1) is 5.69 Å². The quantitative estimate of drug-likeness (QED) is 0.848. The number of pyridine rings is 1. The van der Waals surface area contributed by atoms with Crippen LogP contribution in [0.25, 0.3) is 11.1 Å². The Morgan fingerprint density at radius 3 is 2.85 bits per heavy atom. The van der Waals surface area contributed by atoms with E-state index in [-0.39, 0.29) is 5.91 Å². The monoisotopic (exact) mass is 266 g/mol. The molecule has 0 aliphatic carbocycles. The smallest absolute Gasteiger partial charge is 0.224 e. The standard InChI is InChI=1S/C17H18N2O/c1-2-12-9-10-16(20)19-15-8-4-3-6-13(15)14-7-5-11-18-17(12)14/h3-8,11-12H,2,9-10H2,1H3,(H,19,20). The number of para-hydroxylation sites is 1. The predicted molar refractivity (Wildman–Crippen MR) is 80.6 cm³/mol. The van der Waals surface area contributed by atoms with Crippen molar-refractivity contribution >= 4 is 11.6 Å². The second kappa shape index (κ2) is 5.45. The number of carbonyl (C=O) groups is 1. The number of nitrogens with one attached hydrogen (secondary N) is 1. The molecule has 1 atom stereocenters. The molecule has 20 heavy (non-hydrogen) atoms. The number of aromatic nitrogens is 1. The van der Waals surface area contributed by atoms with Gasteiger partial charge in [0, 0.05) is 35.3 Å². The van der Waals surface area contributed by atoms with Gasteiger partial charge in [0.2, 0.25) is 5.91 Å². The lowest BCUT2D eigenvalue weighted by atomic mass is 9.90. The van der Waals surface area contributed by atoms with Gasteiger partial charge in [-0.3, -0.25) is 9.78 Å². The molecule has 1 amide bonds. The molecule has 3 heteroatoms. The number of carbonyl (C=O) groups excluding carboxylic acids is 1. The van der Waals surface area contributed by atoms with E-state index in [4.69, 9.17) is 0 Å². The maximum atomic E-state index is 12.0. The van der Waals surface area contributed by atoms with E-state index in [0.29, 0.717) is 12.3 Å². The van der Waals surface area contributed by atoms with Crippen molar-refractivity contribution < 1.29 is 4.79 Å². The summed E-state index contributed by atoms with van der Waals surface area (Å²) < 4.78 is 0. The number of anilines is 1. The molecule has 102 valence electrons. The normalized spacial score (nSPS) is 18.1. The third kappa shape index (κ3) is 2.31. The lowest BCUT2D eigenvalue weighted by Gasteiger charge is -2.16. The van der Waals surface area contributed by atoms with Gasteiger partial charge >= 0.3 is 0 Å². The first kappa shape index (κ1) is 12.9. The van der Waals surface area contributed by atoms with Crippen LogP contribution in [0.1, 0.15) is 37.8 Å². The summed E-state index contributed by atoms with van der Waals surface area (Å²) in [6, 6.07) is 12.0. The van der Waals surface area contributed by atoms with E-state index < -0.39 is 0 Å². The van der Waals surface area contributed by atoms with Crippen molar-refractivity contribution in [3.05, 3.63) is 48.3 Å². The van der Waals surface area contributed by atoms with Gasteiger partial charge in [-0.2, -0.15) is 0 Å². The molecule has 3 rings (SSSR count). The number of nitrogens with zero attached hydrogens (tertiary/aromatic N) is 1. The fourth-order valence-corrected chi connectivity index (χ4v) is 2.85. The topological polar surface area (TPSA) is 42.0 Å². The largest absolute Gasteiger partial charge is 0.326 e. The summed E-state index contributed by atoms with van der Waals surface area (Å²) in [5.41, 5.74) is 4.18. The molecule has 1 aliphatic heterocycles. The molecule has 0 bridgehead atoms. The van der Waals surface area contributed by atoms with Crippen molar-refractivity contribution in [1.29, 1.82) is 0 Å². The first-order valence-corrected chi connectivity index (χ1v) is 7.13. The van der Waals surface area contributed by atoms with Crippen LogP contribution in [0.4, 0.5) is 5.69 Å². The minimum Gasteiger partial charge on any atom is -0.326 e. The van der Waals surface area contributed by atoms with Crippen LogP contribution in [0.15, 0.2) is 42.6 Å². The molecule has 0 saturated carbocycles. The number of benzene rings is 1. The highest BCUT2D eigenvalue weighted by Gasteiger charge is 2.21. The van der Waals surface area contributed by atoms with Crippen molar-refractivity contribution in [2.75, 3.05) is 5.32 Å². The zero-order chi connectivity index (χ0) is 13.9. The Hall–Kier alpha value is -2.16. The van der Waals surface area contributed by atoms with Gasteiger partial charge in [0.25, 0.3) is 0 Å². The van der Waals surface area contributed by atoms with Gasteiger partial charge in [-0.05, 0) is 25.0 Å². The molecule has 0 fully saturated rings. The highest BCUT2D eigenvalue weighted by atomic mass is 16.1. The summed E-state index contributed by atoms with van der Waals surface area (Å²) in [4.78, 5) is 16.6. The SMILES string of the molecule is CCC1CCC(=O)Nc2ccccc2-c2cccnc21. The lowest BCUT2D eigenvalue weighted by Crippen LogP contribution is -2.12. The van der Waals surface area contributed by atoms with Crippen LogP contribution in [0, 0.1) is 0 Å². The fraction of sp³-hybridized carbons (Fsp3) is 0.294. The molecule has 1 N–H and O–H groups in total. The van der Waals surface area contributed by atoms with E-state index in [0.717, 1.165) is 35.3 Å². The van der Waals surface area contributed by atoms with Crippen LogP contribution in [0.3, 0.4) is 0 Å². The number of hydrogen-bond acceptors (Lipinski definition) is 2. The molecule has 1 aromatic carbocycles. The highest BCUT2D eigenvalue weighted by molar-refractivity contribution is 5.96. The third-order valence-electron chi connectivity index (χ3n) is 3.93. The fourth-order valence-electron chi connectivity index (χ4n) is 2.85. The first-order valence-electron chi connectivity index (χ1n) is 7.13. The number of rotatable bonds is 1. The molecular formula is C17H18N2O. The van der Waals surface area contributed by atoms with Gasteiger partial charge in [-0.15, -0.1) is 0 Å². The maximum Gasteiger partial charge on any atom is 0.224 e. The van der Waals surface area contributed by atoms with Crippen molar-refractivity contribution in [3.8, 4) is 11.1 Å². The minimum atomic E-state index is 0.0868. The average molecular weight is 266 g/mol. The van der Waals surface area contributed by atoms with Crippen LogP contribution >= 0.6 is 0 Å². The number of hydrogen-bond donors (Lipinski definition) is 1. The Bertz CT molecular complexity index is 636. The van der Waals surface area contributed by atoms with Gasteiger partial charge in [-0.1, -0.05) is 31.2 Å². The Morgan fingerprint density at radius 2 is 2.00 bits per heavy atom. The molecule has 1 unspecified atom stereocenters. The number of amides is 1. The van der Waals surface area contributed by atoms with E-state index in [1.807, 2.05) is 36.5 Å². The summed E-state index contributed by atoms with van der Waals surface area (Å²) >= 11 is 0. The second-order valence-electron chi connectivity index (χ2n) is 5.17. The van der Waals surface area contributed by atoms with Crippen molar-refractivity contribution in [3.63, 3.8) is 0 Å². The van der Waals surface area contributed by atoms with E-state index in [9.17, 15) is 4.79 Å². The van der Waals surface area contributed by atoms with Crippen molar-refractivity contribution in [1.82, 2.24) is 4.98 Å². The van der Waals surface area contributed by atoms with Crippen LogP contribution in [-0.4, -0.2) is 10.9 Å². The van der Waals surface area contributed by atoms with Crippen LogP contribution in [0.5, 0.6) is 0 Å². The molecule has 0 radical (unpaired) electrons. The summed E-state index contributed by atoms with van der Waals surface area (Å²) in [6.07, 6.45) is 4.24. The predicted octanol–water partition coefficient (Wildman–Crippen LogP) is 3.97. The molecular weight excluding hydrogens is 248 g/mol. The van der Waals surface area contributed by atoms with E-state index >= 15 is 0 Å². The molecule has 2 heterocycles. The Balaban J connectivity index is 2.22. The molecule has 1 aliphatic rings. The van der Waals surface area contributed by atoms with Crippen molar-refractivity contribution in [2.45, 2.75) is 32.1 Å². The maximum absolute atomic E-state index is 12.0. The summed E-state index contributed by atoms with van der Waals surface area (Å²) in [6.45, 7) is 2.16. The van der Waals surface area contributed by atoms with Crippen LogP contribution in [-0.2, 0) is 4.79 Å². The number of fused-ring (bicyclic) bond motifs is 3. The average Bonchev–Trinajstić information content (AvgIpc) is 2.54. The Morgan fingerprint density at radius 1 is 1.20 bits per heavy atom.